The summed E-state index contributed by atoms with van der Waals surface area (Å²) in [6.07, 6.45) is 4.98. The Kier molecular flexibility index (Phi) is 4.83. The van der Waals surface area contributed by atoms with E-state index in [2.05, 4.69) is 41.1 Å². The van der Waals surface area contributed by atoms with E-state index < -0.39 is 0 Å². The van der Waals surface area contributed by atoms with Crippen molar-refractivity contribution in [3.63, 3.8) is 0 Å². The zero-order valence-electron chi connectivity index (χ0n) is 13.7. The number of aromatic nitrogens is 4. The smallest absolute Gasteiger partial charge is 0.1000 e. The maximum Gasteiger partial charge on any atom is 0.1000 e. The van der Waals surface area contributed by atoms with E-state index >= 15 is 0 Å². The fraction of sp³-hybridized carbons (Fsp3) is 0.353. The Morgan fingerprint density at radius 1 is 1.26 bits per heavy atom. The van der Waals surface area contributed by atoms with Crippen molar-refractivity contribution in [2.45, 2.75) is 32.9 Å². The molecule has 0 aliphatic rings. The van der Waals surface area contributed by atoms with Crippen LogP contribution in [0.4, 0.5) is 0 Å². The zero-order valence-corrected chi connectivity index (χ0v) is 14.5. The quantitative estimate of drug-likeness (QED) is 0.695. The van der Waals surface area contributed by atoms with E-state index in [1.807, 2.05) is 47.4 Å². The van der Waals surface area contributed by atoms with Gasteiger partial charge in [0.25, 0.3) is 0 Å². The highest BCUT2D eigenvalue weighted by Crippen LogP contribution is 2.22. The Morgan fingerprint density at radius 2 is 2.04 bits per heavy atom. The first-order chi connectivity index (χ1) is 11.2. The fourth-order valence-electron chi connectivity index (χ4n) is 2.37. The van der Waals surface area contributed by atoms with Gasteiger partial charge in [0.05, 0.1) is 28.6 Å². The van der Waals surface area contributed by atoms with Crippen molar-refractivity contribution in [3.05, 3.63) is 58.3 Å². The minimum Gasteiger partial charge on any atom is -0.293 e. The van der Waals surface area contributed by atoms with Gasteiger partial charge in [-0.05, 0) is 32.5 Å². The number of hydrogen-bond donors (Lipinski definition) is 0. The molecule has 0 amide bonds. The van der Waals surface area contributed by atoms with Crippen molar-refractivity contribution in [3.8, 4) is 5.69 Å². The Balaban J connectivity index is 1.70. The minimum absolute atomic E-state index is 0.194. The predicted molar refractivity (Wildman–Crippen MR) is 92.7 cm³/mol. The van der Waals surface area contributed by atoms with Crippen LogP contribution >= 0.6 is 11.3 Å². The molecule has 0 N–H and O–H groups in total. The van der Waals surface area contributed by atoms with E-state index in [-0.39, 0.29) is 6.04 Å². The van der Waals surface area contributed by atoms with Gasteiger partial charge in [0.15, 0.2) is 0 Å². The minimum atomic E-state index is 0.194. The average molecular weight is 327 g/mol. The second kappa shape index (κ2) is 7.02. The summed E-state index contributed by atoms with van der Waals surface area (Å²) >= 11 is 1.78. The molecule has 5 nitrogen and oxygen atoms in total. The van der Waals surface area contributed by atoms with Gasteiger partial charge in [0, 0.05) is 17.6 Å². The maximum atomic E-state index is 4.42. The lowest BCUT2D eigenvalue weighted by Gasteiger charge is -2.21. The predicted octanol–water partition coefficient (Wildman–Crippen LogP) is 3.48. The van der Waals surface area contributed by atoms with E-state index in [0.717, 1.165) is 24.3 Å². The topological polar surface area (TPSA) is 46.8 Å². The average Bonchev–Trinajstić information content (AvgIpc) is 3.24. The van der Waals surface area contributed by atoms with Gasteiger partial charge < -0.3 is 0 Å². The molecular formula is C17H21N5S. The molecule has 23 heavy (non-hydrogen) atoms. The van der Waals surface area contributed by atoms with Crippen molar-refractivity contribution < 1.29 is 0 Å². The molecule has 0 saturated heterocycles. The molecule has 2 aromatic heterocycles. The summed E-state index contributed by atoms with van der Waals surface area (Å²) in [7, 11) is 2.11. The van der Waals surface area contributed by atoms with Crippen molar-refractivity contribution in [1.29, 1.82) is 0 Å². The molecule has 0 bridgehead atoms. The molecular weight excluding hydrogens is 306 g/mol. The lowest BCUT2D eigenvalue weighted by molar-refractivity contribution is 0.250. The second-order valence-electron chi connectivity index (χ2n) is 5.59. The van der Waals surface area contributed by atoms with Crippen molar-refractivity contribution >= 4 is 11.3 Å². The van der Waals surface area contributed by atoms with E-state index in [1.54, 1.807) is 11.3 Å². The monoisotopic (exact) mass is 327 g/mol. The summed E-state index contributed by atoms with van der Waals surface area (Å²) in [4.78, 5) is 7.98. The largest absolute Gasteiger partial charge is 0.293 e. The Morgan fingerprint density at radius 3 is 2.74 bits per heavy atom. The van der Waals surface area contributed by atoms with Crippen LogP contribution in [0.2, 0.25) is 0 Å². The van der Waals surface area contributed by atoms with Crippen LogP contribution in [0.5, 0.6) is 0 Å². The van der Waals surface area contributed by atoms with Crippen LogP contribution in [0.25, 0.3) is 5.69 Å². The highest BCUT2D eigenvalue weighted by atomic mass is 32.1. The number of benzene rings is 1. The number of hydrogen-bond acceptors (Lipinski definition) is 5. The van der Waals surface area contributed by atoms with Gasteiger partial charge in [-0.1, -0.05) is 30.3 Å². The summed E-state index contributed by atoms with van der Waals surface area (Å²) in [5.74, 6) is 0. The van der Waals surface area contributed by atoms with Gasteiger partial charge >= 0.3 is 0 Å². The van der Waals surface area contributed by atoms with Crippen LogP contribution in [0, 0.1) is 0 Å². The Labute approximate surface area is 140 Å². The number of rotatable bonds is 6. The molecule has 2 heterocycles. The third-order valence-electron chi connectivity index (χ3n) is 3.93. The molecule has 6 heteroatoms. The van der Waals surface area contributed by atoms with Crippen LogP contribution in [0.3, 0.4) is 0 Å². The summed E-state index contributed by atoms with van der Waals surface area (Å²) in [6, 6.07) is 10.2. The van der Waals surface area contributed by atoms with Crippen molar-refractivity contribution in [2.75, 3.05) is 7.05 Å². The third-order valence-corrected chi connectivity index (χ3v) is 5.06. The molecule has 3 aromatic rings. The number of para-hydroxylation sites is 1. The van der Waals surface area contributed by atoms with Crippen LogP contribution in [-0.4, -0.2) is 31.9 Å². The number of nitrogens with zero attached hydrogens (tertiary/aromatic N) is 5. The normalized spacial score (nSPS) is 12.7. The molecule has 0 aliphatic heterocycles. The standard InChI is InChI=1S/C17H21N5S/c1-4-17-18-10-15(23-17)11-21(3)13(2)16-12-22(20-19-16)14-8-6-5-7-9-14/h5-10,12-13H,4,11H2,1-3H3. The molecule has 0 aliphatic carbocycles. The van der Waals surface area contributed by atoms with E-state index in [1.165, 1.54) is 9.88 Å². The van der Waals surface area contributed by atoms with Gasteiger partial charge in [0.2, 0.25) is 0 Å². The zero-order chi connectivity index (χ0) is 16.2. The van der Waals surface area contributed by atoms with Crippen molar-refractivity contribution in [2.24, 2.45) is 0 Å². The number of thiazole rings is 1. The van der Waals surface area contributed by atoms with E-state index in [9.17, 15) is 0 Å². The fourth-order valence-corrected chi connectivity index (χ4v) is 3.29. The van der Waals surface area contributed by atoms with Crippen LogP contribution < -0.4 is 0 Å². The Hall–Kier alpha value is -2.05. The molecule has 1 unspecified atom stereocenters. The second-order valence-corrected chi connectivity index (χ2v) is 6.79. The highest BCUT2D eigenvalue weighted by molar-refractivity contribution is 7.11. The van der Waals surface area contributed by atoms with Gasteiger partial charge in [-0.2, -0.15) is 0 Å². The lowest BCUT2D eigenvalue weighted by Crippen LogP contribution is -2.21. The van der Waals surface area contributed by atoms with Crippen molar-refractivity contribution in [1.82, 2.24) is 24.9 Å². The summed E-state index contributed by atoms with van der Waals surface area (Å²) in [5, 5.41) is 9.77. The molecule has 0 radical (unpaired) electrons. The van der Waals surface area contributed by atoms with Gasteiger partial charge in [-0.25, -0.2) is 9.67 Å². The van der Waals surface area contributed by atoms with Crippen LogP contribution in [0.15, 0.2) is 42.7 Å². The van der Waals surface area contributed by atoms with Crippen LogP contribution in [0.1, 0.15) is 35.5 Å². The first-order valence-electron chi connectivity index (χ1n) is 7.79. The Bertz CT molecular complexity index is 749. The molecule has 1 aromatic carbocycles. The molecule has 0 saturated carbocycles. The SMILES string of the molecule is CCc1ncc(CN(C)C(C)c2cn(-c3ccccc3)nn2)s1. The summed E-state index contributed by atoms with van der Waals surface area (Å²) in [5.41, 5.74) is 1.99. The lowest BCUT2D eigenvalue weighted by atomic mass is 10.2. The third kappa shape index (κ3) is 3.65. The first-order valence-corrected chi connectivity index (χ1v) is 8.60. The van der Waals surface area contributed by atoms with E-state index in [0.29, 0.717) is 0 Å². The summed E-state index contributed by atoms with van der Waals surface area (Å²) < 4.78 is 1.82. The van der Waals surface area contributed by atoms with E-state index in [4.69, 9.17) is 0 Å². The molecule has 3 rings (SSSR count). The number of aryl methyl sites for hydroxylation is 1. The van der Waals surface area contributed by atoms with Gasteiger partial charge in [0.1, 0.15) is 0 Å². The molecule has 0 fully saturated rings. The molecule has 120 valence electrons. The molecule has 0 spiro atoms. The van der Waals surface area contributed by atoms with Crippen LogP contribution in [-0.2, 0) is 13.0 Å². The first kappa shape index (κ1) is 15.8. The maximum absolute atomic E-state index is 4.42. The highest BCUT2D eigenvalue weighted by Gasteiger charge is 2.17. The summed E-state index contributed by atoms with van der Waals surface area (Å²) in [6.45, 7) is 5.16. The molecule has 1 atom stereocenters. The van der Waals surface area contributed by atoms with Gasteiger partial charge in [-0.15, -0.1) is 16.4 Å². The van der Waals surface area contributed by atoms with Gasteiger partial charge in [-0.3, -0.25) is 4.90 Å².